The summed E-state index contributed by atoms with van der Waals surface area (Å²) < 4.78 is 0. The highest BCUT2D eigenvalue weighted by Crippen LogP contribution is 2.22. The summed E-state index contributed by atoms with van der Waals surface area (Å²) in [5.41, 5.74) is 0. The van der Waals surface area contributed by atoms with Gasteiger partial charge in [0.15, 0.2) is 0 Å². The van der Waals surface area contributed by atoms with Gasteiger partial charge in [0, 0.05) is 0 Å². The van der Waals surface area contributed by atoms with Crippen molar-refractivity contribution in [2.45, 2.75) is 13.0 Å². The Bertz CT molecular complexity index is 569. The molecule has 0 amide bonds. The lowest BCUT2D eigenvalue weighted by Crippen LogP contribution is -2.57. The summed E-state index contributed by atoms with van der Waals surface area (Å²) in [6.07, 6.45) is 8.07. The summed E-state index contributed by atoms with van der Waals surface area (Å²) >= 11 is 0. The largest absolute Gasteiger partial charge is 0.145 e. The first-order chi connectivity index (χ1) is 9.32. The third kappa shape index (κ3) is 2.11. The third-order valence-corrected chi connectivity index (χ3v) is 8.55. The minimum atomic E-state index is -1.79. The van der Waals surface area contributed by atoms with E-state index in [1.807, 2.05) is 0 Å². The standard InChI is InChI=1S/C18H18Si/c1-19(18-14-8-9-15-18,16-10-4-2-5-11-16)17-12-6-3-7-13-17/h2-8,10-15H,9H2,1H3. The predicted octanol–water partition coefficient (Wildman–Crippen LogP) is 3.30. The molecule has 2 aromatic carbocycles. The molecule has 0 saturated carbocycles. The van der Waals surface area contributed by atoms with Crippen molar-refractivity contribution in [3.05, 3.63) is 84.1 Å². The van der Waals surface area contributed by atoms with Gasteiger partial charge in [-0.3, -0.25) is 0 Å². The molecule has 1 aliphatic carbocycles. The summed E-state index contributed by atoms with van der Waals surface area (Å²) in [5, 5.41) is 4.50. The summed E-state index contributed by atoms with van der Waals surface area (Å²) in [7, 11) is -1.79. The van der Waals surface area contributed by atoms with Gasteiger partial charge < -0.3 is 0 Å². The average molecular weight is 262 g/mol. The molecule has 0 aromatic heterocycles. The van der Waals surface area contributed by atoms with Crippen LogP contribution in [0, 0.1) is 0 Å². The lowest BCUT2D eigenvalue weighted by molar-refractivity contribution is 1.44. The fraction of sp³-hybridized carbons (Fsp3) is 0.111. The zero-order valence-electron chi connectivity index (χ0n) is 11.2. The molecule has 0 atom stereocenters. The Labute approximate surface area is 116 Å². The van der Waals surface area contributed by atoms with E-state index in [2.05, 4.69) is 85.4 Å². The second-order valence-electron chi connectivity index (χ2n) is 5.15. The summed E-state index contributed by atoms with van der Waals surface area (Å²) in [6, 6.07) is 22.0. The molecule has 1 heteroatoms. The molecule has 3 rings (SSSR count). The number of hydrogen-bond acceptors (Lipinski definition) is 0. The van der Waals surface area contributed by atoms with Crippen LogP contribution in [-0.2, 0) is 0 Å². The Kier molecular flexibility index (Phi) is 3.22. The smallest absolute Gasteiger partial charge is 0.0808 e. The highest BCUT2D eigenvalue weighted by atomic mass is 28.3. The van der Waals surface area contributed by atoms with Crippen LogP contribution in [0.25, 0.3) is 0 Å². The van der Waals surface area contributed by atoms with Crippen LogP contribution < -0.4 is 10.4 Å². The van der Waals surface area contributed by atoms with Gasteiger partial charge in [0.25, 0.3) is 0 Å². The SMILES string of the molecule is C[Si](C1=CCC=C1)(c1ccccc1)c1ccccc1. The van der Waals surface area contributed by atoms with Crippen LogP contribution in [0.4, 0.5) is 0 Å². The molecule has 0 heterocycles. The lowest BCUT2D eigenvalue weighted by atomic mass is 10.4. The summed E-state index contributed by atoms with van der Waals surface area (Å²) in [4.78, 5) is 0. The van der Waals surface area contributed by atoms with E-state index in [0.29, 0.717) is 0 Å². The maximum absolute atomic E-state index is 2.46. The molecule has 0 fully saturated rings. The monoisotopic (exact) mass is 262 g/mol. The van der Waals surface area contributed by atoms with Gasteiger partial charge in [-0.05, 0) is 16.8 Å². The van der Waals surface area contributed by atoms with Crippen LogP contribution in [0.15, 0.2) is 84.1 Å². The van der Waals surface area contributed by atoms with Gasteiger partial charge in [-0.1, -0.05) is 90.6 Å². The molecule has 94 valence electrons. The van der Waals surface area contributed by atoms with E-state index in [9.17, 15) is 0 Å². The van der Waals surface area contributed by atoms with Crippen molar-refractivity contribution in [1.82, 2.24) is 0 Å². The first-order valence-corrected chi connectivity index (χ1v) is 9.30. The van der Waals surface area contributed by atoms with Gasteiger partial charge in [0.05, 0.1) is 0 Å². The Morgan fingerprint density at radius 1 is 0.789 bits per heavy atom. The van der Waals surface area contributed by atoms with Crippen LogP contribution in [0.5, 0.6) is 0 Å². The quantitative estimate of drug-likeness (QED) is 0.745. The van der Waals surface area contributed by atoms with E-state index in [0.717, 1.165) is 6.42 Å². The van der Waals surface area contributed by atoms with Crippen molar-refractivity contribution in [2.24, 2.45) is 0 Å². The topological polar surface area (TPSA) is 0 Å². The minimum absolute atomic E-state index is 1.08. The van der Waals surface area contributed by atoms with Crippen molar-refractivity contribution < 1.29 is 0 Å². The first kappa shape index (κ1) is 12.2. The van der Waals surface area contributed by atoms with E-state index in [1.54, 1.807) is 0 Å². The number of allylic oxidation sites excluding steroid dienone is 4. The van der Waals surface area contributed by atoms with Crippen molar-refractivity contribution in [1.29, 1.82) is 0 Å². The van der Waals surface area contributed by atoms with Crippen molar-refractivity contribution in [2.75, 3.05) is 0 Å². The van der Waals surface area contributed by atoms with Crippen molar-refractivity contribution in [3.63, 3.8) is 0 Å². The van der Waals surface area contributed by atoms with Crippen LogP contribution in [-0.4, -0.2) is 8.07 Å². The zero-order valence-corrected chi connectivity index (χ0v) is 12.2. The van der Waals surface area contributed by atoms with Crippen molar-refractivity contribution >= 4 is 18.4 Å². The molecule has 0 bridgehead atoms. The third-order valence-electron chi connectivity index (χ3n) is 4.05. The van der Waals surface area contributed by atoms with E-state index in [4.69, 9.17) is 0 Å². The van der Waals surface area contributed by atoms with Crippen molar-refractivity contribution in [3.8, 4) is 0 Å². The molecule has 19 heavy (non-hydrogen) atoms. The number of benzene rings is 2. The second kappa shape index (κ2) is 5.02. The minimum Gasteiger partial charge on any atom is -0.0808 e. The summed E-state index contributed by atoms with van der Waals surface area (Å²) in [5.74, 6) is 0. The molecular formula is C18H18Si. The molecule has 0 saturated heterocycles. The molecular weight excluding hydrogens is 244 g/mol. The molecule has 0 nitrogen and oxygen atoms in total. The van der Waals surface area contributed by atoms with E-state index < -0.39 is 8.07 Å². The number of hydrogen-bond donors (Lipinski definition) is 0. The Morgan fingerprint density at radius 3 is 1.74 bits per heavy atom. The van der Waals surface area contributed by atoms with Gasteiger partial charge in [-0.2, -0.15) is 0 Å². The van der Waals surface area contributed by atoms with Gasteiger partial charge in [0.2, 0.25) is 0 Å². The highest BCUT2D eigenvalue weighted by Gasteiger charge is 2.35. The molecule has 1 aliphatic rings. The molecule has 2 aromatic rings. The molecule has 0 spiro atoms. The highest BCUT2D eigenvalue weighted by molar-refractivity contribution is 7.07. The maximum Gasteiger partial charge on any atom is 0.145 e. The van der Waals surface area contributed by atoms with E-state index in [1.165, 1.54) is 15.6 Å². The molecule has 0 unspecified atom stereocenters. The van der Waals surface area contributed by atoms with Crippen LogP contribution >= 0.6 is 0 Å². The second-order valence-corrected chi connectivity index (χ2v) is 9.14. The number of rotatable bonds is 3. The Balaban J connectivity index is 2.19. The van der Waals surface area contributed by atoms with E-state index >= 15 is 0 Å². The normalized spacial score (nSPS) is 14.5. The van der Waals surface area contributed by atoms with Crippen LogP contribution in [0.3, 0.4) is 0 Å². The fourth-order valence-electron chi connectivity index (χ4n) is 2.87. The van der Waals surface area contributed by atoms with E-state index in [-0.39, 0.29) is 0 Å². The zero-order chi connectivity index (χ0) is 13.1. The molecule has 0 radical (unpaired) electrons. The molecule has 0 aliphatic heterocycles. The lowest BCUT2D eigenvalue weighted by Gasteiger charge is -2.29. The van der Waals surface area contributed by atoms with Gasteiger partial charge >= 0.3 is 0 Å². The Hall–Kier alpha value is -1.86. The fourth-order valence-corrected chi connectivity index (χ4v) is 6.57. The summed E-state index contributed by atoms with van der Waals surface area (Å²) in [6.45, 7) is 2.46. The van der Waals surface area contributed by atoms with Crippen LogP contribution in [0.2, 0.25) is 6.55 Å². The maximum atomic E-state index is 2.46. The predicted molar refractivity (Wildman–Crippen MR) is 85.6 cm³/mol. The Morgan fingerprint density at radius 2 is 1.32 bits per heavy atom. The van der Waals surface area contributed by atoms with Crippen LogP contribution in [0.1, 0.15) is 6.42 Å². The molecule has 0 N–H and O–H groups in total. The van der Waals surface area contributed by atoms with Gasteiger partial charge in [-0.25, -0.2) is 0 Å². The first-order valence-electron chi connectivity index (χ1n) is 6.80. The van der Waals surface area contributed by atoms with Gasteiger partial charge in [0.1, 0.15) is 8.07 Å². The average Bonchev–Trinajstić information content (AvgIpc) is 3.03. The van der Waals surface area contributed by atoms with Gasteiger partial charge in [-0.15, -0.1) is 0 Å².